The number of aliphatic hydroxyl groups is 1. The van der Waals surface area contributed by atoms with Crippen LogP contribution in [-0.2, 0) is 4.79 Å². The zero-order valence-electron chi connectivity index (χ0n) is 8.47. The fourth-order valence-electron chi connectivity index (χ4n) is 1.81. The molecular formula is C10H19NO2. The maximum Gasteiger partial charge on any atom is 0.133 e. The SMILES string of the molecule is CC(C)(CN)C1(O)CCC(=O)CC1. The molecule has 0 radical (unpaired) electrons. The fourth-order valence-corrected chi connectivity index (χ4v) is 1.81. The van der Waals surface area contributed by atoms with Crippen LogP contribution in [0.2, 0.25) is 0 Å². The van der Waals surface area contributed by atoms with Crippen molar-refractivity contribution < 1.29 is 9.90 Å². The molecule has 0 heterocycles. The van der Waals surface area contributed by atoms with Gasteiger partial charge in [0.15, 0.2) is 0 Å². The first-order chi connectivity index (χ1) is 5.91. The molecular weight excluding hydrogens is 166 g/mol. The maximum absolute atomic E-state index is 11.0. The summed E-state index contributed by atoms with van der Waals surface area (Å²) in [6.45, 7) is 4.38. The van der Waals surface area contributed by atoms with Gasteiger partial charge in [-0.2, -0.15) is 0 Å². The number of ketones is 1. The summed E-state index contributed by atoms with van der Waals surface area (Å²) in [4.78, 5) is 11.0. The number of carbonyl (C=O) groups is 1. The van der Waals surface area contributed by atoms with Crippen molar-refractivity contribution >= 4 is 5.78 Å². The topological polar surface area (TPSA) is 63.3 Å². The van der Waals surface area contributed by atoms with Crippen molar-refractivity contribution in [2.45, 2.75) is 45.1 Å². The van der Waals surface area contributed by atoms with E-state index in [1.54, 1.807) is 0 Å². The first-order valence-corrected chi connectivity index (χ1v) is 4.85. The second-order valence-electron chi connectivity index (χ2n) is 4.66. The van der Waals surface area contributed by atoms with Gasteiger partial charge in [-0.3, -0.25) is 4.79 Å². The summed E-state index contributed by atoms with van der Waals surface area (Å²) in [5.74, 6) is 0.262. The Morgan fingerprint density at radius 1 is 1.46 bits per heavy atom. The molecule has 0 spiro atoms. The van der Waals surface area contributed by atoms with E-state index < -0.39 is 5.60 Å². The summed E-state index contributed by atoms with van der Waals surface area (Å²) in [6.07, 6.45) is 2.13. The van der Waals surface area contributed by atoms with Crippen molar-refractivity contribution in [2.75, 3.05) is 6.54 Å². The zero-order chi connectivity index (χ0) is 10.1. The third kappa shape index (κ3) is 1.92. The number of hydrogen-bond donors (Lipinski definition) is 2. The predicted molar refractivity (Wildman–Crippen MR) is 51.3 cm³/mol. The Bertz CT molecular complexity index is 201. The molecule has 0 aliphatic heterocycles. The average molecular weight is 185 g/mol. The summed E-state index contributed by atoms with van der Waals surface area (Å²) < 4.78 is 0. The summed E-state index contributed by atoms with van der Waals surface area (Å²) in [5, 5.41) is 10.3. The van der Waals surface area contributed by atoms with Crippen LogP contribution in [0.1, 0.15) is 39.5 Å². The van der Waals surface area contributed by atoms with Gasteiger partial charge >= 0.3 is 0 Å². The minimum Gasteiger partial charge on any atom is -0.389 e. The molecule has 1 rings (SSSR count). The Labute approximate surface area is 79.3 Å². The molecule has 1 aliphatic carbocycles. The lowest BCUT2D eigenvalue weighted by molar-refractivity contribution is -0.133. The van der Waals surface area contributed by atoms with E-state index in [0.29, 0.717) is 32.2 Å². The number of rotatable bonds is 2. The Kier molecular flexibility index (Phi) is 2.78. The second kappa shape index (κ2) is 3.39. The standard InChI is InChI=1S/C10H19NO2/c1-9(2,7-11)10(13)5-3-8(12)4-6-10/h13H,3-7,11H2,1-2H3. The highest BCUT2D eigenvalue weighted by molar-refractivity contribution is 5.79. The quantitative estimate of drug-likeness (QED) is 0.670. The first kappa shape index (κ1) is 10.7. The molecule has 1 aliphatic rings. The van der Waals surface area contributed by atoms with Gasteiger partial charge in [-0.25, -0.2) is 0 Å². The Hall–Kier alpha value is -0.410. The molecule has 76 valence electrons. The maximum atomic E-state index is 11.0. The van der Waals surface area contributed by atoms with Crippen LogP contribution in [-0.4, -0.2) is 23.0 Å². The summed E-state index contributed by atoms with van der Waals surface area (Å²) >= 11 is 0. The van der Waals surface area contributed by atoms with Crippen molar-refractivity contribution in [1.82, 2.24) is 0 Å². The number of Topliss-reactive ketones (excluding diaryl/α,β-unsaturated/α-hetero) is 1. The van der Waals surface area contributed by atoms with Gasteiger partial charge in [-0.15, -0.1) is 0 Å². The van der Waals surface area contributed by atoms with Gasteiger partial charge in [0.2, 0.25) is 0 Å². The molecule has 1 saturated carbocycles. The Morgan fingerprint density at radius 3 is 2.31 bits per heavy atom. The second-order valence-corrected chi connectivity index (χ2v) is 4.66. The first-order valence-electron chi connectivity index (χ1n) is 4.85. The van der Waals surface area contributed by atoms with Crippen molar-refractivity contribution in [3.05, 3.63) is 0 Å². The van der Waals surface area contributed by atoms with E-state index in [0.717, 1.165) is 0 Å². The highest BCUT2D eigenvalue weighted by atomic mass is 16.3. The normalized spacial score (nSPS) is 23.2. The highest BCUT2D eigenvalue weighted by Gasteiger charge is 2.44. The molecule has 13 heavy (non-hydrogen) atoms. The van der Waals surface area contributed by atoms with Gasteiger partial charge in [-0.1, -0.05) is 13.8 Å². The zero-order valence-corrected chi connectivity index (χ0v) is 8.47. The van der Waals surface area contributed by atoms with Gasteiger partial charge in [0.1, 0.15) is 5.78 Å². The van der Waals surface area contributed by atoms with E-state index >= 15 is 0 Å². The van der Waals surface area contributed by atoms with Crippen LogP contribution in [0.15, 0.2) is 0 Å². The summed E-state index contributed by atoms with van der Waals surface area (Å²) in [7, 11) is 0. The van der Waals surface area contributed by atoms with Crippen LogP contribution in [0.4, 0.5) is 0 Å². The van der Waals surface area contributed by atoms with Crippen LogP contribution in [0.25, 0.3) is 0 Å². The summed E-state index contributed by atoms with van der Waals surface area (Å²) in [6, 6.07) is 0. The molecule has 0 atom stereocenters. The van der Waals surface area contributed by atoms with Gasteiger partial charge in [0.25, 0.3) is 0 Å². The monoisotopic (exact) mass is 185 g/mol. The van der Waals surface area contributed by atoms with Crippen LogP contribution in [0.5, 0.6) is 0 Å². The summed E-state index contributed by atoms with van der Waals surface area (Å²) in [5.41, 5.74) is 4.59. The minimum atomic E-state index is -0.740. The van der Waals surface area contributed by atoms with Crippen molar-refractivity contribution in [2.24, 2.45) is 11.1 Å². The molecule has 0 aromatic rings. The lowest BCUT2D eigenvalue weighted by Gasteiger charge is -2.44. The lowest BCUT2D eigenvalue weighted by atomic mass is 9.67. The van der Waals surface area contributed by atoms with Gasteiger partial charge in [0, 0.05) is 24.8 Å². The van der Waals surface area contributed by atoms with Gasteiger partial charge in [-0.05, 0) is 12.8 Å². The van der Waals surface area contributed by atoms with E-state index in [1.807, 2.05) is 13.8 Å². The molecule has 0 aromatic carbocycles. The van der Waals surface area contributed by atoms with E-state index in [1.165, 1.54) is 0 Å². The number of carbonyl (C=O) groups excluding carboxylic acids is 1. The third-order valence-electron chi connectivity index (χ3n) is 3.40. The molecule has 3 nitrogen and oxygen atoms in total. The Morgan fingerprint density at radius 2 is 1.92 bits per heavy atom. The largest absolute Gasteiger partial charge is 0.389 e. The molecule has 0 saturated heterocycles. The molecule has 0 bridgehead atoms. The van der Waals surface area contributed by atoms with Crippen molar-refractivity contribution in [3.63, 3.8) is 0 Å². The lowest BCUT2D eigenvalue weighted by Crippen LogP contribution is -2.51. The minimum absolute atomic E-state index is 0.262. The van der Waals surface area contributed by atoms with Crippen molar-refractivity contribution in [3.8, 4) is 0 Å². The van der Waals surface area contributed by atoms with E-state index in [2.05, 4.69) is 0 Å². The van der Waals surface area contributed by atoms with Crippen LogP contribution >= 0.6 is 0 Å². The predicted octanol–water partition coefficient (Wildman–Crippen LogP) is 0.845. The van der Waals surface area contributed by atoms with Gasteiger partial charge < -0.3 is 10.8 Å². The molecule has 3 N–H and O–H groups in total. The van der Waals surface area contributed by atoms with Crippen LogP contribution in [0.3, 0.4) is 0 Å². The average Bonchev–Trinajstić information content (AvgIpc) is 2.10. The Balaban J connectivity index is 2.72. The van der Waals surface area contributed by atoms with E-state index in [9.17, 15) is 9.90 Å². The molecule has 0 unspecified atom stereocenters. The van der Waals surface area contributed by atoms with Gasteiger partial charge in [0.05, 0.1) is 5.60 Å². The van der Waals surface area contributed by atoms with Crippen LogP contribution < -0.4 is 5.73 Å². The van der Waals surface area contributed by atoms with E-state index in [-0.39, 0.29) is 11.2 Å². The van der Waals surface area contributed by atoms with E-state index in [4.69, 9.17) is 5.73 Å². The van der Waals surface area contributed by atoms with Crippen molar-refractivity contribution in [1.29, 1.82) is 0 Å². The highest BCUT2D eigenvalue weighted by Crippen LogP contribution is 2.40. The molecule has 0 amide bonds. The molecule has 0 aromatic heterocycles. The smallest absolute Gasteiger partial charge is 0.133 e. The molecule has 1 fully saturated rings. The fraction of sp³-hybridized carbons (Fsp3) is 0.900. The number of nitrogens with two attached hydrogens (primary N) is 1. The third-order valence-corrected chi connectivity index (χ3v) is 3.40. The molecule has 3 heteroatoms. The number of hydrogen-bond acceptors (Lipinski definition) is 3. The van der Waals surface area contributed by atoms with Crippen LogP contribution in [0, 0.1) is 5.41 Å².